The number of nitrogens with zero attached hydrogens (tertiary/aromatic N) is 3. The maximum Gasteiger partial charge on any atom is 0.250 e. The van der Waals surface area contributed by atoms with Gasteiger partial charge in [-0.25, -0.2) is 0 Å². The Balaban J connectivity index is 1.47. The van der Waals surface area contributed by atoms with Crippen LogP contribution in [0.4, 0.5) is 11.4 Å². The Labute approximate surface area is 243 Å². The molecule has 0 bridgehead atoms. The SMILES string of the molecule is COCC(=O)Nc1cc(N2C(=S)N[C@H](c3ccccn3)[C@H]2c2cccn2-c2ccc3ccccc3c2)ccc1OC. The van der Waals surface area contributed by atoms with Crippen molar-refractivity contribution in [2.24, 2.45) is 0 Å². The molecule has 2 aromatic heterocycles. The number of anilines is 2. The van der Waals surface area contributed by atoms with Gasteiger partial charge in [-0.05, 0) is 77.6 Å². The number of methoxy groups -OCH3 is 2. The van der Waals surface area contributed by atoms with Gasteiger partial charge in [-0.3, -0.25) is 9.78 Å². The van der Waals surface area contributed by atoms with Crippen LogP contribution in [-0.4, -0.2) is 41.4 Å². The molecule has 41 heavy (non-hydrogen) atoms. The van der Waals surface area contributed by atoms with Crippen molar-refractivity contribution in [2.45, 2.75) is 12.1 Å². The van der Waals surface area contributed by atoms with Gasteiger partial charge in [-0.15, -0.1) is 0 Å². The molecule has 1 fully saturated rings. The molecule has 206 valence electrons. The second-order valence-electron chi connectivity index (χ2n) is 9.70. The number of ether oxygens (including phenoxy) is 2. The number of carbonyl (C=O) groups is 1. The third-order valence-electron chi connectivity index (χ3n) is 7.20. The first kappa shape index (κ1) is 26.5. The van der Waals surface area contributed by atoms with Crippen LogP contribution in [0.15, 0.2) is 103 Å². The van der Waals surface area contributed by atoms with E-state index in [1.807, 2.05) is 54.6 Å². The van der Waals surface area contributed by atoms with Crippen LogP contribution in [0.25, 0.3) is 16.5 Å². The number of hydrogen-bond acceptors (Lipinski definition) is 5. The van der Waals surface area contributed by atoms with Crippen LogP contribution in [0, 0.1) is 0 Å². The van der Waals surface area contributed by atoms with Crippen molar-refractivity contribution >= 4 is 45.4 Å². The number of aromatic nitrogens is 2. The minimum absolute atomic E-state index is 0.0687. The number of benzene rings is 3. The molecule has 8 nitrogen and oxygen atoms in total. The van der Waals surface area contributed by atoms with Gasteiger partial charge in [0.2, 0.25) is 5.91 Å². The summed E-state index contributed by atoms with van der Waals surface area (Å²) in [6.45, 7) is -0.0687. The molecule has 0 aliphatic carbocycles. The average Bonchev–Trinajstić information content (AvgIpc) is 3.62. The molecule has 0 saturated carbocycles. The first-order valence-electron chi connectivity index (χ1n) is 13.2. The van der Waals surface area contributed by atoms with E-state index in [1.54, 1.807) is 13.3 Å². The van der Waals surface area contributed by atoms with Crippen LogP contribution in [0.5, 0.6) is 5.75 Å². The fraction of sp³-hybridized carbons (Fsp3) is 0.156. The fourth-order valence-corrected chi connectivity index (χ4v) is 5.74. The molecule has 3 aromatic carbocycles. The molecule has 0 unspecified atom stereocenters. The number of fused-ring (bicyclic) bond motifs is 1. The molecule has 6 rings (SSSR count). The monoisotopic (exact) mass is 563 g/mol. The predicted octanol–water partition coefficient (Wildman–Crippen LogP) is 5.80. The van der Waals surface area contributed by atoms with E-state index in [-0.39, 0.29) is 24.6 Å². The zero-order valence-corrected chi connectivity index (χ0v) is 23.5. The molecular formula is C32H29N5O3S. The van der Waals surface area contributed by atoms with Crippen molar-refractivity contribution < 1.29 is 14.3 Å². The average molecular weight is 564 g/mol. The largest absolute Gasteiger partial charge is 0.495 e. The molecule has 5 aromatic rings. The second kappa shape index (κ2) is 11.4. The number of thiocarbonyl (C=S) groups is 1. The van der Waals surface area contributed by atoms with E-state index in [1.165, 1.54) is 12.5 Å². The van der Waals surface area contributed by atoms with Gasteiger partial charge in [-0.1, -0.05) is 36.4 Å². The Hall–Kier alpha value is -4.73. The summed E-state index contributed by atoms with van der Waals surface area (Å²) in [5.41, 5.74) is 4.27. The van der Waals surface area contributed by atoms with Gasteiger partial charge in [-0.2, -0.15) is 0 Å². The summed E-state index contributed by atoms with van der Waals surface area (Å²) in [5.74, 6) is 0.256. The number of carbonyl (C=O) groups excluding carboxylic acids is 1. The molecule has 1 aliphatic heterocycles. The van der Waals surface area contributed by atoms with E-state index >= 15 is 0 Å². The zero-order chi connectivity index (χ0) is 28.3. The van der Waals surface area contributed by atoms with Crippen molar-refractivity contribution in [1.29, 1.82) is 0 Å². The van der Waals surface area contributed by atoms with Crippen LogP contribution >= 0.6 is 12.2 Å². The molecule has 3 heterocycles. The van der Waals surface area contributed by atoms with Crippen molar-refractivity contribution in [1.82, 2.24) is 14.9 Å². The molecule has 0 spiro atoms. The molecule has 2 atom stereocenters. The van der Waals surface area contributed by atoms with E-state index < -0.39 is 0 Å². The van der Waals surface area contributed by atoms with Crippen molar-refractivity contribution in [3.05, 3.63) is 115 Å². The lowest BCUT2D eigenvalue weighted by molar-refractivity contribution is -0.119. The smallest absolute Gasteiger partial charge is 0.250 e. The fourth-order valence-electron chi connectivity index (χ4n) is 5.39. The normalized spacial score (nSPS) is 16.5. The first-order valence-corrected chi connectivity index (χ1v) is 13.6. The number of pyridine rings is 1. The van der Waals surface area contributed by atoms with Gasteiger partial charge in [0.25, 0.3) is 0 Å². The second-order valence-corrected chi connectivity index (χ2v) is 10.1. The molecule has 0 radical (unpaired) electrons. The lowest BCUT2D eigenvalue weighted by Gasteiger charge is -2.29. The topological polar surface area (TPSA) is 80.7 Å². The van der Waals surface area contributed by atoms with E-state index in [2.05, 4.69) is 67.7 Å². The lowest BCUT2D eigenvalue weighted by Crippen LogP contribution is -2.30. The molecule has 9 heteroatoms. The Kier molecular flexibility index (Phi) is 7.37. The lowest BCUT2D eigenvalue weighted by atomic mass is 10.0. The highest BCUT2D eigenvalue weighted by Gasteiger charge is 2.42. The number of amides is 1. The Bertz CT molecular complexity index is 1720. The number of rotatable bonds is 8. The molecule has 1 amide bonds. The number of hydrogen-bond donors (Lipinski definition) is 2. The summed E-state index contributed by atoms with van der Waals surface area (Å²) >= 11 is 5.95. The van der Waals surface area contributed by atoms with Crippen LogP contribution in [0.2, 0.25) is 0 Å². The highest BCUT2D eigenvalue weighted by molar-refractivity contribution is 7.80. The highest BCUT2D eigenvalue weighted by Crippen LogP contribution is 2.44. The van der Waals surface area contributed by atoms with Crippen molar-refractivity contribution in [3.8, 4) is 11.4 Å². The zero-order valence-electron chi connectivity index (χ0n) is 22.7. The number of nitrogens with one attached hydrogen (secondary N) is 2. The van der Waals surface area contributed by atoms with E-state index in [0.717, 1.165) is 28.1 Å². The quantitative estimate of drug-likeness (QED) is 0.231. The highest BCUT2D eigenvalue weighted by atomic mass is 32.1. The van der Waals surface area contributed by atoms with Crippen LogP contribution in [0.3, 0.4) is 0 Å². The molecule has 2 N–H and O–H groups in total. The maximum absolute atomic E-state index is 12.4. The van der Waals surface area contributed by atoms with Gasteiger partial charge in [0, 0.05) is 36.6 Å². The van der Waals surface area contributed by atoms with Crippen LogP contribution in [-0.2, 0) is 9.53 Å². The minimum Gasteiger partial charge on any atom is -0.495 e. The molecule has 1 aliphatic rings. The molecular weight excluding hydrogens is 534 g/mol. The van der Waals surface area contributed by atoms with Crippen LogP contribution < -0.4 is 20.3 Å². The molecule has 1 saturated heterocycles. The summed E-state index contributed by atoms with van der Waals surface area (Å²) in [4.78, 5) is 19.2. The maximum atomic E-state index is 12.4. The first-order chi connectivity index (χ1) is 20.1. The van der Waals surface area contributed by atoms with E-state index in [0.29, 0.717) is 16.5 Å². The summed E-state index contributed by atoms with van der Waals surface area (Å²) < 4.78 is 12.7. The standard InChI is InChI=1S/C32H29N5O3S/c1-39-20-29(38)34-26-19-24(14-15-28(26)40-2)37-31(30(35-32(37)41)25-10-5-6-16-33-25)27-11-7-17-36(27)23-13-12-21-8-3-4-9-22(21)18-23/h3-19,30-31H,20H2,1-2H3,(H,34,38)(H,35,41)/t30-,31-/m1/s1. The van der Waals surface area contributed by atoms with Gasteiger partial charge in [0.15, 0.2) is 5.11 Å². The van der Waals surface area contributed by atoms with Gasteiger partial charge < -0.3 is 29.6 Å². The third-order valence-corrected chi connectivity index (χ3v) is 7.52. The third kappa shape index (κ3) is 5.13. The van der Waals surface area contributed by atoms with E-state index in [9.17, 15) is 4.79 Å². The Morgan fingerprint density at radius 1 is 0.951 bits per heavy atom. The summed E-state index contributed by atoms with van der Waals surface area (Å²) in [6.07, 6.45) is 3.86. The van der Waals surface area contributed by atoms with Crippen molar-refractivity contribution in [3.63, 3.8) is 0 Å². The van der Waals surface area contributed by atoms with E-state index in [4.69, 9.17) is 21.7 Å². The van der Waals surface area contributed by atoms with Gasteiger partial charge in [0.1, 0.15) is 18.4 Å². The summed E-state index contributed by atoms with van der Waals surface area (Å²) in [6, 6.07) is 30.0. The summed E-state index contributed by atoms with van der Waals surface area (Å²) in [7, 11) is 3.05. The van der Waals surface area contributed by atoms with Crippen LogP contribution in [0.1, 0.15) is 23.5 Å². The van der Waals surface area contributed by atoms with Gasteiger partial charge in [0.05, 0.1) is 24.5 Å². The van der Waals surface area contributed by atoms with Crippen molar-refractivity contribution in [2.75, 3.05) is 31.0 Å². The van der Waals surface area contributed by atoms with Gasteiger partial charge >= 0.3 is 0 Å². The minimum atomic E-state index is -0.279. The predicted molar refractivity (Wildman–Crippen MR) is 165 cm³/mol. The Morgan fingerprint density at radius 2 is 1.76 bits per heavy atom. The summed E-state index contributed by atoms with van der Waals surface area (Å²) in [5, 5.41) is 9.31. The Morgan fingerprint density at radius 3 is 2.54 bits per heavy atom.